The highest BCUT2D eigenvalue weighted by Crippen LogP contribution is 2.19. The lowest BCUT2D eigenvalue weighted by Crippen LogP contribution is -2.41. The molecule has 0 heterocycles. The second-order valence-corrected chi connectivity index (χ2v) is 6.20. The minimum atomic E-state index is -1.18. The number of methoxy groups -OCH3 is 1. The Balaban J connectivity index is 1.75. The van der Waals surface area contributed by atoms with E-state index < -0.39 is 22.9 Å². The van der Waals surface area contributed by atoms with Crippen molar-refractivity contribution in [2.24, 2.45) is 0 Å². The Morgan fingerprint density at radius 3 is 2.14 bits per heavy atom. The summed E-state index contributed by atoms with van der Waals surface area (Å²) >= 11 is 0. The van der Waals surface area contributed by atoms with E-state index in [9.17, 15) is 24.3 Å². The van der Waals surface area contributed by atoms with Gasteiger partial charge in [0.1, 0.15) is 11.7 Å². The van der Waals surface area contributed by atoms with Crippen molar-refractivity contribution in [1.82, 2.24) is 0 Å². The number of aliphatic carboxylic acids is 1. The van der Waals surface area contributed by atoms with E-state index in [1.165, 1.54) is 7.11 Å². The molecule has 0 spiro atoms. The zero-order chi connectivity index (χ0) is 20.3. The van der Waals surface area contributed by atoms with Crippen LogP contribution < -0.4 is 20.9 Å². The zero-order valence-corrected chi connectivity index (χ0v) is 15.0. The molecule has 3 rings (SSSR count). The molecule has 2 N–H and O–H groups in total. The SMILES string of the molecule is COc1c(NC(Cc2ccc(C(=O)c3ccccc3)cc2)C(=O)O)c(=O)c1=O. The average molecular weight is 379 g/mol. The molecule has 0 amide bonds. The topological polar surface area (TPSA) is 110 Å². The van der Waals surface area contributed by atoms with Gasteiger partial charge in [0.05, 0.1) is 7.11 Å². The summed E-state index contributed by atoms with van der Waals surface area (Å²) in [4.78, 5) is 47.0. The van der Waals surface area contributed by atoms with Crippen molar-refractivity contribution in [1.29, 1.82) is 0 Å². The van der Waals surface area contributed by atoms with Crippen molar-refractivity contribution in [3.63, 3.8) is 0 Å². The van der Waals surface area contributed by atoms with Crippen molar-refractivity contribution >= 4 is 17.4 Å². The number of nitrogens with one attached hydrogen (secondary N) is 1. The molecule has 0 bridgehead atoms. The molecule has 0 saturated carbocycles. The summed E-state index contributed by atoms with van der Waals surface area (Å²) in [7, 11) is 1.24. The largest absolute Gasteiger partial charge is 0.491 e. The minimum Gasteiger partial charge on any atom is -0.491 e. The Bertz CT molecular complexity index is 1080. The van der Waals surface area contributed by atoms with E-state index in [-0.39, 0.29) is 23.6 Å². The summed E-state index contributed by atoms with van der Waals surface area (Å²) in [5.41, 5.74) is -0.00534. The van der Waals surface area contributed by atoms with Gasteiger partial charge in [-0.05, 0) is 5.56 Å². The zero-order valence-electron chi connectivity index (χ0n) is 15.0. The molecule has 0 aliphatic heterocycles. The number of anilines is 1. The van der Waals surface area contributed by atoms with Gasteiger partial charge in [-0.15, -0.1) is 0 Å². The molecule has 142 valence electrons. The molecule has 0 saturated heterocycles. The van der Waals surface area contributed by atoms with Crippen LogP contribution in [0.4, 0.5) is 5.69 Å². The first-order valence-electron chi connectivity index (χ1n) is 8.47. The molecule has 0 aromatic heterocycles. The first-order chi connectivity index (χ1) is 13.4. The highest BCUT2D eigenvalue weighted by atomic mass is 16.5. The first kappa shape index (κ1) is 19.0. The highest BCUT2D eigenvalue weighted by molar-refractivity contribution is 6.08. The van der Waals surface area contributed by atoms with Crippen LogP contribution in [0.3, 0.4) is 0 Å². The normalized spacial score (nSPS) is 11.8. The summed E-state index contributed by atoms with van der Waals surface area (Å²) in [6.45, 7) is 0. The van der Waals surface area contributed by atoms with E-state index in [4.69, 9.17) is 4.74 Å². The molecule has 0 aliphatic carbocycles. The summed E-state index contributed by atoms with van der Waals surface area (Å²) in [5, 5.41) is 12.0. The highest BCUT2D eigenvalue weighted by Gasteiger charge is 2.27. The second-order valence-electron chi connectivity index (χ2n) is 6.20. The van der Waals surface area contributed by atoms with Crippen LogP contribution in [0.5, 0.6) is 5.75 Å². The molecular formula is C21H17NO6. The lowest BCUT2D eigenvalue weighted by molar-refractivity contribution is -0.137. The maximum atomic E-state index is 12.4. The van der Waals surface area contributed by atoms with Gasteiger partial charge in [-0.3, -0.25) is 14.4 Å². The van der Waals surface area contributed by atoms with E-state index in [0.29, 0.717) is 16.7 Å². The molecule has 7 nitrogen and oxygen atoms in total. The molecule has 28 heavy (non-hydrogen) atoms. The van der Waals surface area contributed by atoms with Gasteiger partial charge in [0.2, 0.25) is 0 Å². The van der Waals surface area contributed by atoms with E-state index >= 15 is 0 Å². The summed E-state index contributed by atoms with van der Waals surface area (Å²) in [5.74, 6) is -1.48. The van der Waals surface area contributed by atoms with E-state index in [0.717, 1.165) is 0 Å². The van der Waals surface area contributed by atoms with E-state index in [1.807, 2.05) is 6.07 Å². The fraction of sp³-hybridized carbons (Fsp3) is 0.143. The third kappa shape index (κ3) is 3.68. The predicted molar refractivity (Wildman–Crippen MR) is 103 cm³/mol. The average Bonchev–Trinajstić information content (AvgIpc) is 2.72. The number of hydrogen-bond acceptors (Lipinski definition) is 6. The standard InChI is InChI=1S/C21H17NO6/c1-28-20-16(18(24)19(20)25)22-15(21(26)27)11-12-7-9-14(10-8-12)17(23)13-5-3-2-4-6-13/h2-10,15,22H,11H2,1H3,(H,26,27). The van der Waals surface area contributed by atoms with Crippen LogP contribution >= 0.6 is 0 Å². The predicted octanol–water partition coefficient (Wildman–Crippen LogP) is 1.63. The van der Waals surface area contributed by atoms with Gasteiger partial charge in [-0.1, -0.05) is 54.6 Å². The fourth-order valence-corrected chi connectivity index (χ4v) is 2.86. The monoisotopic (exact) mass is 379 g/mol. The number of benzene rings is 2. The molecule has 0 radical (unpaired) electrons. The molecule has 1 unspecified atom stereocenters. The van der Waals surface area contributed by atoms with Gasteiger partial charge in [0.15, 0.2) is 11.5 Å². The van der Waals surface area contributed by atoms with Crippen LogP contribution in [0.1, 0.15) is 21.5 Å². The smallest absolute Gasteiger partial charge is 0.326 e. The Labute approximate surface area is 159 Å². The Morgan fingerprint density at radius 1 is 0.964 bits per heavy atom. The van der Waals surface area contributed by atoms with Crippen molar-refractivity contribution in [3.05, 3.63) is 91.7 Å². The van der Waals surface area contributed by atoms with Crippen LogP contribution in [-0.4, -0.2) is 30.0 Å². The summed E-state index contributed by atoms with van der Waals surface area (Å²) < 4.78 is 4.81. The van der Waals surface area contributed by atoms with Gasteiger partial charge in [-0.2, -0.15) is 0 Å². The van der Waals surface area contributed by atoms with Gasteiger partial charge in [0, 0.05) is 17.5 Å². The van der Waals surface area contributed by atoms with Crippen molar-refractivity contribution in [3.8, 4) is 5.75 Å². The maximum absolute atomic E-state index is 12.4. The molecule has 0 aliphatic rings. The Morgan fingerprint density at radius 2 is 1.57 bits per heavy atom. The number of hydrogen-bond donors (Lipinski definition) is 2. The van der Waals surface area contributed by atoms with Crippen LogP contribution in [0.2, 0.25) is 0 Å². The minimum absolute atomic E-state index is 0.0527. The van der Waals surface area contributed by atoms with E-state index in [2.05, 4.69) is 5.32 Å². The third-order valence-corrected chi connectivity index (χ3v) is 4.38. The third-order valence-electron chi connectivity index (χ3n) is 4.38. The number of ketones is 1. The Hall–Kier alpha value is -3.74. The lowest BCUT2D eigenvalue weighted by Gasteiger charge is -2.18. The lowest BCUT2D eigenvalue weighted by atomic mass is 9.99. The molecule has 3 aromatic rings. The van der Waals surface area contributed by atoms with Crippen molar-refractivity contribution < 1.29 is 19.4 Å². The second kappa shape index (κ2) is 7.87. The van der Waals surface area contributed by atoms with Crippen LogP contribution in [-0.2, 0) is 11.2 Å². The van der Waals surface area contributed by atoms with Gasteiger partial charge >= 0.3 is 5.97 Å². The number of carbonyl (C=O) groups is 2. The first-order valence-corrected chi connectivity index (χ1v) is 8.47. The number of rotatable bonds is 8. The molecule has 7 heteroatoms. The fourth-order valence-electron chi connectivity index (χ4n) is 2.86. The summed E-state index contributed by atoms with van der Waals surface area (Å²) in [6, 6.07) is 14.3. The molecule has 3 aromatic carbocycles. The van der Waals surface area contributed by atoms with Crippen molar-refractivity contribution in [2.75, 3.05) is 12.4 Å². The van der Waals surface area contributed by atoms with Gasteiger partial charge in [0.25, 0.3) is 10.9 Å². The molecule has 1 atom stereocenters. The van der Waals surface area contributed by atoms with Gasteiger partial charge < -0.3 is 15.2 Å². The van der Waals surface area contributed by atoms with E-state index in [1.54, 1.807) is 48.5 Å². The Kier molecular flexibility index (Phi) is 5.35. The molecule has 0 fully saturated rings. The van der Waals surface area contributed by atoms with Gasteiger partial charge in [-0.25, -0.2) is 4.79 Å². The van der Waals surface area contributed by atoms with Crippen molar-refractivity contribution in [2.45, 2.75) is 12.5 Å². The maximum Gasteiger partial charge on any atom is 0.326 e. The van der Waals surface area contributed by atoms with Crippen LogP contribution in [0.25, 0.3) is 0 Å². The van der Waals surface area contributed by atoms with Crippen LogP contribution in [0.15, 0.2) is 64.2 Å². The summed E-state index contributed by atoms with van der Waals surface area (Å²) in [6.07, 6.45) is 0.0527. The molecular weight excluding hydrogens is 362 g/mol. The number of carboxylic acid groups (broad SMARTS) is 1. The van der Waals surface area contributed by atoms with Crippen LogP contribution in [0, 0.1) is 0 Å². The number of ether oxygens (including phenoxy) is 1. The number of carboxylic acids is 1. The quantitative estimate of drug-likeness (QED) is 0.452. The number of carbonyl (C=O) groups excluding carboxylic acids is 1.